The molecule has 0 aliphatic heterocycles. The van der Waals surface area contributed by atoms with Gasteiger partial charge in [-0.3, -0.25) is 4.79 Å². The fourth-order valence-corrected chi connectivity index (χ4v) is 4.17. The summed E-state index contributed by atoms with van der Waals surface area (Å²) in [5.41, 5.74) is 1.92. The van der Waals surface area contributed by atoms with Crippen molar-refractivity contribution in [1.82, 2.24) is 20.2 Å². The second-order valence-electron chi connectivity index (χ2n) is 6.54. The lowest BCUT2D eigenvalue weighted by atomic mass is 10.2. The summed E-state index contributed by atoms with van der Waals surface area (Å²) in [7, 11) is 3.15. The normalized spacial score (nSPS) is 10.7. The zero-order valence-corrected chi connectivity index (χ0v) is 19.3. The third-order valence-electron chi connectivity index (χ3n) is 4.36. The number of rotatable bonds is 10. The van der Waals surface area contributed by atoms with Gasteiger partial charge in [-0.2, -0.15) is 0 Å². The molecule has 1 aromatic heterocycles. The number of hydrogen-bond donors (Lipinski definition) is 2. The van der Waals surface area contributed by atoms with Gasteiger partial charge in [0.2, 0.25) is 11.1 Å². The predicted molar refractivity (Wildman–Crippen MR) is 124 cm³/mol. The van der Waals surface area contributed by atoms with Gasteiger partial charge in [0, 0.05) is 23.3 Å². The Morgan fingerprint density at radius 1 is 1.10 bits per heavy atom. The highest BCUT2D eigenvalue weighted by Gasteiger charge is 2.17. The molecule has 0 atom stereocenters. The second kappa shape index (κ2) is 11.0. The fraction of sp³-hybridized carbons (Fsp3) is 0.286. The van der Waals surface area contributed by atoms with Crippen molar-refractivity contribution in [2.24, 2.45) is 0 Å². The van der Waals surface area contributed by atoms with E-state index in [4.69, 9.17) is 15.3 Å². The summed E-state index contributed by atoms with van der Waals surface area (Å²) in [4.78, 5) is 13.3. The summed E-state index contributed by atoms with van der Waals surface area (Å²) in [6.45, 7) is 2.65. The minimum absolute atomic E-state index is 0.0823. The van der Waals surface area contributed by atoms with Crippen molar-refractivity contribution in [2.75, 3.05) is 38.1 Å². The van der Waals surface area contributed by atoms with E-state index in [0.717, 1.165) is 5.75 Å². The zero-order chi connectivity index (χ0) is 22.2. The minimum Gasteiger partial charge on any atom is -0.497 e. The Morgan fingerprint density at radius 2 is 1.87 bits per heavy atom. The molecular weight excluding hydrogens is 434 g/mol. The van der Waals surface area contributed by atoms with Crippen molar-refractivity contribution < 1.29 is 14.3 Å². The molecule has 0 saturated heterocycles. The van der Waals surface area contributed by atoms with Gasteiger partial charge in [0.05, 0.1) is 25.5 Å². The minimum atomic E-state index is -0.0823. The molecule has 0 unspecified atom stereocenters. The van der Waals surface area contributed by atoms with Gasteiger partial charge in [0.25, 0.3) is 0 Å². The number of carbonyl (C=O) groups excluding carboxylic acids is 1. The quantitative estimate of drug-likeness (QED) is 0.271. The monoisotopic (exact) mass is 459 g/mol. The number of thioether (sulfide) groups is 2. The first-order chi connectivity index (χ1) is 15.0. The summed E-state index contributed by atoms with van der Waals surface area (Å²) >= 11 is 2.93. The maximum atomic E-state index is 12.2. The van der Waals surface area contributed by atoms with Crippen LogP contribution in [0.25, 0.3) is 11.4 Å². The van der Waals surface area contributed by atoms with E-state index in [1.165, 1.54) is 26.9 Å². The molecule has 0 bridgehead atoms. The van der Waals surface area contributed by atoms with Gasteiger partial charge in [-0.05, 0) is 31.2 Å². The van der Waals surface area contributed by atoms with Crippen LogP contribution < -0.4 is 20.6 Å². The van der Waals surface area contributed by atoms with Gasteiger partial charge in [-0.25, -0.2) is 4.68 Å². The molecule has 3 aromatic rings. The highest BCUT2D eigenvalue weighted by Crippen LogP contribution is 2.32. The molecular formula is C21H25N5O3S2. The number of hydrogen-bond acceptors (Lipinski definition) is 8. The Balaban J connectivity index is 1.50. The van der Waals surface area contributed by atoms with Crippen LogP contribution in [-0.4, -0.2) is 53.1 Å². The van der Waals surface area contributed by atoms with Crippen molar-refractivity contribution in [3.8, 4) is 22.9 Å². The van der Waals surface area contributed by atoms with E-state index in [1.54, 1.807) is 44.2 Å². The molecule has 0 aliphatic rings. The van der Waals surface area contributed by atoms with E-state index >= 15 is 0 Å². The standard InChI is InChI=1S/C21H25N5O3S2/c1-14-4-7-16(8-5-14)30-11-10-23-19(27)13-31-21-25-24-20(26(21)22)17-9-6-15(28-2)12-18(17)29-3/h4-9,12H,10-11,13,22H2,1-3H3,(H,23,27). The van der Waals surface area contributed by atoms with Gasteiger partial charge in [-0.15, -0.1) is 22.0 Å². The van der Waals surface area contributed by atoms with Gasteiger partial charge in [0.15, 0.2) is 5.82 Å². The number of benzene rings is 2. The van der Waals surface area contributed by atoms with Crippen molar-refractivity contribution in [2.45, 2.75) is 17.0 Å². The summed E-state index contributed by atoms with van der Waals surface area (Å²) in [6, 6.07) is 13.7. The summed E-state index contributed by atoms with van der Waals surface area (Å²) in [5.74, 6) is 8.75. The first kappa shape index (κ1) is 22.8. The maximum Gasteiger partial charge on any atom is 0.230 e. The number of aryl methyl sites for hydroxylation is 1. The molecule has 1 heterocycles. The number of amides is 1. The molecule has 1 amide bonds. The van der Waals surface area contributed by atoms with Crippen LogP contribution in [0.4, 0.5) is 0 Å². The number of nitrogens with zero attached hydrogens (tertiary/aromatic N) is 3. The first-order valence-electron chi connectivity index (χ1n) is 9.53. The summed E-state index contributed by atoms with van der Waals surface area (Å²) < 4.78 is 12.0. The van der Waals surface area contributed by atoms with Crippen LogP contribution in [0.1, 0.15) is 5.56 Å². The highest BCUT2D eigenvalue weighted by molar-refractivity contribution is 7.99. The van der Waals surface area contributed by atoms with Crippen LogP contribution >= 0.6 is 23.5 Å². The van der Waals surface area contributed by atoms with E-state index < -0.39 is 0 Å². The van der Waals surface area contributed by atoms with Gasteiger partial charge in [0.1, 0.15) is 11.5 Å². The fourth-order valence-electron chi connectivity index (χ4n) is 2.72. The Labute approximate surface area is 189 Å². The topological polar surface area (TPSA) is 104 Å². The number of aromatic nitrogens is 3. The number of ether oxygens (including phenoxy) is 2. The number of nitrogens with one attached hydrogen (secondary N) is 1. The molecule has 0 fully saturated rings. The van der Waals surface area contributed by atoms with Crippen molar-refractivity contribution in [1.29, 1.82) is 0 Å². The highest BCUT2D eigenvalue weighted by atomic mass is 32.2. The van der Waals surface area contributed by atoms with Crippen LogP contribution in [0.5, 0.6) is 11.5 Å². The third-order valence-corrected chi connectivity index (χ3v) is 6.32. The zero-order valence-electron chi connectivity index (χ0n) is 17.6. The summed E-state index contributed by atoms with van der Waals surface area (Å²) in [6.07, 6.45) is 0. The lowest BCUT2D eigenvalue weighted by molar-refractivity contribution is -0.118. The largest absolute Gasteiger partial charge is 0.497 e. The van der Waals surface area contributed by atoms with Crippen molar-refractivity contribution in [3.63, 3.8) is 0 Å². The van der Waals surface area contributed by atoms with E-state index in [9.17, 15) is 4.79 Å². The van der Waals surface area contributed by atoms with Crippen LogP contribution in [0, 0.1) is 6.92 Å². The van der Waals surface area contributed by atoms with Crippen LogP contribution in [-0.2, 0) is 4.79 Å². The van der Waals surface area contributed by atoms with Crippen LogP contribution in [0.15, 0.2) is 52.5 Å². The molecule has 8 nitrogen and oxygen atoms in total. The molecule has 0 spiro atoms. The molecule has 164 valence electrons. The lowest BCUT2D eigenvalue weighted by Crippen LogP contribution is -2.27. The average Bonchev–Trinajstić information content (AvgIpc) is 3.16. The van der Waals surface area contributed by atoms with Gasteiger partial charge < -0.3 is 20.6 Å². The van der Waals surface area contributed by atoms with E-state index in [1.807, 2.05) is 0 Å². The van der Waals surface area contributed by atoms with Crippen LogP contribution in [0.3, 0.4) is 0 Å². The van der Waals surface area contributed by atoms with Gasteiger partial charge in [-0.1, -0.05) is 29.5 Å². The number of carbonyl (C=O) groups is 1. The van der Waals surface area contributed by atoms with E-state index in [0.29, 0.717) is 34.6 Å². The SMILES string of the molecule is COc1ccc(-c2nnc(SCC(=O)NCCSc3ccc(C)cc3)n2N)c(OC)c1. The average molecular weight is 460 g/mol. The third kappa shape index (κ3) is 6.08. The Hall–Kier alpha value is -2.85. The Kier molecular flexibility index (Phi) is 8.07. The maximum absolute atomic E-state index is 12.2. The van der Waals surface area contributed by atoms with E-state index in [2.05, 4.69) is 46.7 Å². The number of nitrogen functional groups attached to an aromatic ring is 1. The van der Waals surface area contributed by atoms with Gasteiger partial charge >= 0.3 is 0 Å². The molecule has 0 radical (unpaired) electrons. The smallest absolute Gasteiger partial charge is 0.230 e. The molecule has 0 aliphatic carbocycles. The van der Waals surface area contributed by atoms with Crippen molar-refractivity contribution in [3.05, 3.63) is 48.0 Å². The number of nitrogens with two attached hydrogens (primary N) is 1. The summed E-state index contributed by atoms with van der Waals surface area (Å²) in [5, 5.41) is 11.6. The molecule has 10 heteroatoms. The molecule has 2 aromatic carbocycles. The predicted octanol–water partition coefficient (Wildman–Crippen LogP) is 2.99. The van der Waals surface area contributed by atoms with E-state index in [-0.39, 0.29) is 11.7 Å². The molecule has 0 saturated carbocycles. The molecule has 3 N–H and O–H groups in total. The Morgan fingerprint density at radius 3 is 2.58 bits per heavy atom. The Bertz CT molecular complexity index is 1020. The first-order valence-corrected chi connectivity index (χ1v) is 11.5. The van der Waals surface area contributed by atoms with Crippen LogP contribution in [0.2, 0.25) is 0 Å². The van der Waals surface area contributed by atoms with Crippen molar-refractivity contribution >= 4 is 29.4 Å². The molecule has 31 heavy (non-hydrogen) atoms. The lowest BCUT2D eigenvalue weighted by Gasteiger charge is -2.10. The second-order valence-corrected chi connectivity index (χ2v) is 8.65. The molecule has 3 rings (SSSR count). The number of methoxy groups -OCH3 is 2.